The number of hydrogen-bond acceptors (Lipinski definition) is 5. The second kappa shape index (κ2) is 10.3. The van der Waals surface area contributed by atoms with Crippen LogP contribution in [-0.2, 0) is 14.3 Å². The van der Waals surface area contributed by atoms with Crippen molar-refractivity contribution in [2.75, 3.05) is 31.7 Å². The van der Waals surface area contributed by atoms with Crippen molar-refractivity contribution in [3.8, 4) is 5.88 Å². The van der Waals surface area contributed by atoms with E-state index in [9.17, 15) is 4.79 Å². The van der Waals surface area contributed by atoms with Crippen molar-refractivity contribution in [2.45, 2.75) is 53.1 Å². The summed E-state index contributed by atoms with van der Waals surface area (Å²) in [7, 11) is 0. The molecule has 0 aliphatic carbocycles. The van der Waals surface area contributed by atoms with E-state index in [0.29, 0.717) is 50.1 Å². The molecule has 1 atom stereocenters. The lowest BCUT2D eigenvalue weighted by Gasteiger charge is -2.27. The largest absolute Gasteiger partial charge is 0.475 e. The molecule has 0 radical (unpaired) electrons. The lowest BCUT2D eigenvalue weighted by molar-refractivity contribution is -0.139. The van der Waals surface area contributed by atoms with Crippen molar-refractivity contribution < 1.29 is 19.0 Å². The molecule has 0 saturated carbocycles. The Balaban J connectivity index is 2.68. The van der Waals surface area contributed by atoms with E-state index in [1.165, 1.54) is 0 Å². The van der Waals surface area contributed by atoms with Crippen LogP contribution in [0.1, 0.15) is 46.2 Å². The summed E-state index contributed by atoms with van der Waals surface area (Å²) in [6.45, 7) is 11.7. The van der Waals surface area contributed by atoms with E-state index in [4.69, 9.17) is 14.2 Å². The molecule has 0 aromatic carbocycles. The number of aromatic nitrogens is 1. The van der Waals surface area contributed by atoms with Crippen LogP contribution in [0.5, 0.6) is 5.88 Å². The van der Waals surface area contributed by atoms with Gasteiger partial charge in [0.15, 0.2) is 0 Å². The number of nitrogens with zero attached hydrogens (tertiary/aromatic N) is 1. The van der Waals surface area contributed by atoms with Crippen molar-refractivity contribution in [1.29, 1.82) is 0 Å². The van der Waals surface area contributed by atoms with E-state index < -0.39 is 5.60 Å². The molecule has 0 aliphatic rings. The Morgan fingerprint density at radius 3 is 2.54 bits per heavy atom. The smallest absolute Gasteiger partial charge is 0.256 e. The van der Waals surface area contributed by atoms with Gasteiger partial charge in [0.25, 0.3) is 5.91 Å². The van der Waals surface area contributed by atoms with Crippen LogP contribution in [0, 0.1) is 6.92 Å². The van der Waals surface area contributed by atoms with Crippen molar-refractivity contribution in [3.05, 3.63) is 17.8 Å². The van der Waals surface area contributed by atoms with Crippen molar-refractivity contribution >= 4 is 11.6 Å². The molecular weight excluding hydrogens is 308 g/mol. The number of carbonyl (C=O) groups excluding carboxylic acids is 1. The topological polar surface area (TPSA) is 69.7 Å². The summed E-state index contributed by atoms with van der Waals surface area (Å²) in [6, 6.07) is 3.54. The first-order valence-electron chi connectivity index (χ1n) is 8.60. The Morgan fingerprint density at radius 2 is 1.96 bits per heavy atom. The molecule has 1 aromatic heterocycles. The number of pyridine rings is 1. The van der Waals surface area contributed by atoms with Crippen molar-refractivity contribution in [3.63, 3.8) is 0 Å². The van der Waals surface area contributed by atoms with Crippen LogP contribution in [0.3, 0.4) is 0 Å². The third-order valence-electron chi connectivity index (χ3n) is 3.77. The van der Waals surface area contributed by atoms with E-state index in [1.807, 2.05) is 34.6 Å². The van der Waals surface area contributed by atoms with Crippen molar-refractivity contribution in [1.82, 2.24) is 4.98 Å². The molecule has 0 unspecified atom stereocenters. The number of hydrogen-bond donors (Lipinski definition) is 1. The van der Waals surface area contributed by atoms with E-state index in [2.05, 4.69) is 10.3 Å². The number of anilines is 1. The molecule has 0 saturated heterocycles. The highest BCUT2D eigenvalue weighted by atomic mass is 16.5. The number of rotatable bonds is 11. The molecule has 0 fully saturated rings. The van der Waals surface area contributed by atoms with Gasteiger partial charge in [-0.2, -0.15) is 0 Å². The quantitative estimate of drug-likeness (QED) is 0.627. The Kier molecular flexibility index (Phi) is 8.71. The zero-order valence-corrected chi connectivity index (χ0v) is 15.5. The second-order valence-corrected chi connectivity index (χ2v) is 5.71. The van der Waals surface area contributed by atoms with Gasteiger partial charge in [-0.15, -0.1) is 0 Å². The number of nitrogens with one attached hydrogen (secondary N) is 1. The molecule has 0 bridgehead atoms. The zero-order chi connectivity index (χ0) is 18.0. The predicted octanol–water partition coefficient (Wildman–Crippen LogP) is 3.34. The first-order chi connectivity index (χ1) is 11.5. The summed E-state index contributed by atoms with van der Waals surface area (Å²) in [4.78, 5) is 16.9. The molecule has 0 aliphatic heterocycles. The molecule has 1 heterocycles. The average Bonchev–Trinajstić information content (AvgIpc) is 2.58. The van der Waals surface area contributed by atoms with Crippen LogP contribution >= 0.6 is 0 Å². The van der Waals surface area contributed by atoms with Gasteiger partial charge in [0.1, 0.15) is 12.2 Å². The van der Waals surface area contributed by atoms with Gasteiger partial charge in [0.2, 0.25) is 5.88 Å². The minimum atomic E-state index is -0.838. The fourth-order valence-electron chi connectivity index (χ4n) is 2.01. The third kappa shape index (κ3) is 6.09. The molecule has 6 heteroatoms. The summed E-state index contributed by atoms with van der Waals surface area (Å²) in [6.07, 6.45) is 1.47. The van der Waals surface area contributed by atoms with E-state index >= 15 is 0 Å². The molecule has 0 spiro atoms. The minimum absolute atomic E-state index is 0.159. The summed E-state index contributed by atoms with van der Waals surface area (Å²) in [5.74, 6) is 0.360. The monoisotopic (exact) mass is 338 g/mol. The molecule has 1 rings (SSSR count). The first-order valence-corrected chi connectivity index (χ1v) is 8.60. The Morgan fingerprint density at radius 1 is 1.21 bits per heavy atom. The van der Waals surface area contributed by atoms with Crippen LogP contribution in [0.25, 0.3) is 0 Å². The zero-order valence-electron chi connectivity index (χ0n) is 15.5. The van der Waals surface area contributed by atoms with Gasteiger partial charge < -0.3 is 19.5 Å². The molecule has 6 nitrogen and oxygen atoms in total. The highest BCUT2D eigenvalue weighted by Crippen LogP contribution is 2.22. The second-order valence-electron chi connectivity index (χ2n) is 5.71. The summed E-state index contributed by atoms with van der Waals surface area (Å²) in [5.41, 5.74) is 0.526. The first kappa shape index (κ1) is 20.4. The average molecular weight is 338 g/mol. The van der Waals surface area contributed by atoms with Crippen LogP contribution < -0.4 is 10.1 Å². The van der Waals surface area contributed by atoms with Crippen LogP contribution in [0.15, 0.2) is 12.1 Å². The summed E-state index contributed by atoms with van der Waals surface area (Å²) >= 11 is 0. The molecular formula is C18H30N2O4. The Bertz CT molecular complexity index is 522. The highest BCUT2D eigenvalue weighted by molar-refractivity contribution is 5.97. The normalized spacial score (nSPS) is 13.4. The Labute approximate surface area is 144 Å². The number of carbonyl (C=O) groups is 1. The third-order valence-corrected chi connectivity index (χ3v) is 3.77. The van der Waals surface area contributed by atoms with E-state index in [1.54, 1.807) is 12.1 Å². The number of amides is 1. The lowest BCUT2D eigenvalue weighted by Crippen LogP contribution is -2.42. The fourth-order valence-corrected chi connectivity index (χ4v) is 2.01. The van der Waals surface area contributed by atoms with Crippen LogP contribution in [-0.4, -0.2) is 42.9 Å². The summed E-state index contributed by atoms with van der Waals surface area (Å²) < 4.78 is 16.5. The van der Waals surface area contributed by atoms with Gasteiger partial charge in [0, 0.05) is 19.3 Å². The van der Waals surface area contributed by atoms with Gasteiger partial charge in [-0.3, -0.25) is 4.79 Å². The minimum Gasteiger partial charge on any atom is -0.475 e. The molecule has 24 heavy (non-hydrogen) atoms. The van der Waals surface area contributed by atoms with Gasteiger partial charge >= 0.3 is 0 Å². The number of ether oxygens (including phenoxy) is 3. The maximum absolute atomic E-state index is 12.5. The maximum atomic E-state index is 12.5. The molecule has 1 N–H and O–H groups in total. The van der Waals surface area contributed by atoms with Crippen LogP contribution in [0.2, 0.25) is 0 Å². The standard InChI is InChI=1S/C18H30N2O4/c1-6-11-24-18(5,7-2)17(21)20-15-9-10-16(19-14(15)4)23-13-12-22-8-3/h9-10H,6-8,11-13H2,1-5H3,(H,20,21)/t18-/m0/s1. The summed E-state index contributed by atoms with van der Waals surface area (Å²) in [5, 5.41) is 2.91. The molecule has 1 aromatic rings. The fraction of sp³-hybridized carbons (Fsp3) is 0.667. The predicted molar refractivity (Wildman–Crippen MR) is 94.5 cm³/mol. The highest BCUT2D eigenvalue weighted by Gasteiger charge is 2.32. The number of aryl methyl sites for hydroxylation is 1. The molecule has 136 valence electrons. The maximum Gasteiger partial charge on any atom is 0.256 e. The van der Waals surface area contributed by atoms with Gasteiger partial charge in [-0.25, -0.2) is 4.98 Å². The van der Waals surface area contributed by atoms with Gasteiger partial charge in [-0.1, -0.05) is 13.8 Å². The van der Waals surface area contributed by atoms with E-state index in [0.717, 1.165) is 6.42 Å². The van der Waals surface area contributed by atoms with Gasteiger partial charge in [0.05, 0.1) is 18.0 Å². The van der Waals surface area contributed by atoms with Crippen LogP contribution in [0.4, 0.5) is 5.69 Å². The van der Waals surface area contributed by atoms with E-state index in [-0.39, 0.29) is 5.91 Å². The van der Waals surface area contributed by atoms with Gasteiger partial charge in [-0.05, 0) is 39.7 Å². The lowest BCUT2D eigenvalue weighted by atomic mass is 10.0. The Hall–Kier alpha value is -1.66. The molecule has 1 amide bonds. The van der Waals surface area contributed by atoms with Crippen molar-refractivity contribution in [2.24, 2.45) is 0 Å². The SMILES string of the molecule is CCCO[C@@](C)(CC)C(=O)Nc1ccc(OCCOCC)nc1C.